The van der Waals surface area contributed by atoms with Crippen LogP contribution in [0.25, 0.3) is 0 Å². The number of esters is 1. The highest BCUT2D eigenvalue weighted by molar-refractivity contribution is 5.82. The Morgan fingerprint density at radius 2 is 2.00 bits per heavy atom. The first-order chi connectivity index (χ1) is 8.91. The topological polar surface area (TPSA) is 38.3 Å². The minimum Gasteiger partial charge on any atom is -0.464 e. The smallest absolute Gasteiger partial charge is 0.330 e. The Labute approximate surface area is 116 Å². The zero-order chi connectivity index (χ0) is 14.5. The van der Waals surface area contributed by atoms with E-state index in [-0.39, 0.29) is 5.97 Å². The van der Waals surface area contributed by atoms with Crippen LogP contribution >= 0.6 is 0 Å². The second kappa shape index (κ2) is 6.71. The molecule has 0 fully saturated rings. The predicted molar refractivity (Wildman–Crippen MR) is 78.0 cm³/mol. The quantitative estimate of drug-likeness (QED) is 0.802. The fourth-order valence-electron chi connectivity index (χ4n) is 2.09. The van der Waals surface area contributed by atoms with Crippen molar-refractivity contribution in [2.45, 2.75) is 40.2 Å². The molecular weight excluding hydrogens is 238 g/mol. The summed E-state index contributed by atoms with van der Waals surface area (Å²) in [6.07, 6.45) is 0. The van der Waals surface area contributed by atoms with Crippen molar-refractivity contribution in [3.63, 3.8) is 0 Å². The molecule has 0 amide bonds. The van der Waals surface area contributed by atoms with Gasteiger partial charge in [-0.2, -0.15) is 0 Å². The van der Waals surface area contributed by atoms with E-state index in [1.54, 1.807) is 0 Å². The number of rotatable bonds is 6. The maximum Gasteiger partial charge on any atom is 0.330 e. The van der Waals surface area contributed by atoms with Crippen molar-refractivity contribution in [1.29, 1.82) is 0 Å². The largest absolute Gasteiger partial charge is 0.464 e. The van der Waals surface area contributed by atoms with Gasteiger partial charge in [0.25, 0.3) is 0 Å². The molecule has 0 saturated carbocycles. The first-order valence-electron chi connectivity index (χ1n) is 6.90. The van der Waals surface area contributed by atoms with Gasteiger partial charge in [-0.05, 0) is 44.4 Å². The highest BCUT2D eigenvalue weighted by Gasteiger charge is 2.37. The molecule has 1 aromatic rings. The molecule has 106 valence electrons. The second-order valence-corrected chi connectivity index (χ2v) is 5.44. The molecule has 0 aliphatic rings. The standard InChI is InChI=1S/C16H25NO2/c1-6-19-15(18)16(5,17-11-12(2)3)14-10-8-7-9-13(14)4/h7-10,12,17H,6,11H2,1-5H3. The van der Waals surface area contributed by atoms with Gasteiger partial charge in [-0.1, -0.05) is 38.1 Å². The molecule has 3 heteroatoms. The molecule has 1 rings (SSSR count). The van der Waals surface area contributed by atoms with E-state index in [1.807, 2.05) is 45.0 Å². The summed E-state index contributed by atoms with van der Waals surface area (Å²) in [5.74, 6) is 0.253. The van der Waals surface area contributed by atoms with Gasteiger partial charge >= 0.3 is 5.97 Å². The van der Waals surface area contributed by atoms with Gasteiger partial charge in [-0.25, -0.2) is 4.79 Å². The van der Waals surface area contributed by atoms with Crippen molar-refractivity contribution in [1.82, 2.24) is 5.32 Å². The van der Waals surface area contributed by atoms with E-state index in [0.717, 1.165) is 17.7 Å². The van der Waals surface area contributed by atoms with E-state index < -0.39 is 5.54 Å². The van der Waals surface area contributed by atoms with E-state index in [2.05, 4.69) is 19.2 Å². The molecule has 0 spiro atoms. The Morgan fingerprint density at radius 1 is 1.37 bits per heavy atom. The van der Waals surface area contributed by atoms with Crippen LogP contribution in [0.4, 0.5) is 0 Å². The number of carbonyl (C=O) groups is 1. The molecular formula is C16H25NO2. The third-order valence-corrected chi connectivity index (χ3v) is 3.23. The Hall–Kier alpha value is -1.35. The molecule has 0 heterocycles. The lowest BCUT2D eigenvalue weighted by atomic mass is 9.88. The lowest BCUT2D eigenvalue weighted by molar-refractivity contribution is -0.151. The van der Waals surface area contributed by atoms with Crippen LogP contribution in [0.2, 0.25) is 0 Å². The fraction of sp³-hybridized carbons (Fsp3) is 0.562. The molecule has 1 N–H and O–H groups in total. The van der Waals surface area contributed by atoms with Crippen LogP contribution in [0.3, 0.4) is 0 Å². The zero-order valence-corrected chi connectivity index (χ0v) is 12.6. The summed E-state index contributed by atoms with van der Waals surface area (Å²) in [5.41, 5.74) is 1.29. The SMILES string of the molecule is CCOC(=O)C(C)(NCC(C)C)c1ccccc1C. The van der Waals surface area contributed by atoms with Crippen molar-refractivity contribution in [3.8, 4) is 0 Å². The predicted octanol–water partition coefficient (Wildman–Crippen LogP) is 3.02. The molecule has 0 aromatic heterocycles. The second-order valence-electron chi connectivity index (χ2n) is 5.44. The number of aryl methyl sites for hydroxylation is 1. The van der Waals surface area contributed by atoms with Gasteiger partial charge in [0.15, 0.2) is 0 Å². The van der Waals surface area contributed by atoms with Gasteiger partial charge < -0.3 is 4.74 Å². The minimum atomic E-state index is -0.786. The lowest BCUT2D eigenvalue weighted by Gasteiger charge is -2.31. The number of nitrogens with one attached hydrogen (secondary N) is 1. The molecule has 0 aliphatic carbocycles. The Bertz CT molecular complexity index is 429. The normalized spacial score (nSPS) is 14.2. The summed E-state index contributed by atoms with van der Waals surface area (Å²) < 4.78 is 5.25. The molecule has 0 saturated heterocycles. The molecule has 0 aliphatic heterocycles. The molecule has 0 radical (unpaired) electrons. The van der Waals surface area contributed by atoms with Crippen molar-refractivity contribution in [2.24, 2.45) is 5.92 Å². The molecule has 1 atom stereocenters. The van der Waals surface area contributed by atoms with Crippen molar-refractivity contribution < 1.29 is 9.53 Å². The Balaban J connectivity index is 3.11. The molecule has 1 aromatic carbocycles. The van der Waals surface area contributed by atoms with Crippen LogP contribution < -0.4 is 5.32 Å². The van der Waals surface area contributed by atoms with Crippen LogP contribution in [-0.2, 0) is 15.1 Å². The highest BCUT2D eigenvalue weighted by Crippen LogP contribution is 2.26. The summed E-state index contributed by atoms with van der Waals surface area (Å²) in [6, 6.07) is 7.94. The monoisotopic (exact) mass is 263 g/mol. The van der Waals surface area contributed by atoms with E-state index in [4.69, 9.17) is 4.74 Å². The number of ether oxygens (including phenoxy) is 1. The summed E-state index contributed by atoms with van der Waals surface area (Å²) in [4.78, 5) is 12.3. The van der Waals surface area contributed by atoms with Gasteiger partial charge in [0.2, 0.25) is 0 Å². The maximum absolute atomic E-state index is 12.3. The van der Waals surface area contributed by atoms with Gasteiger partial charge in [-0.3, -0.25) is 5.32 Å². The van der Waals surface area contributed by atoms with Gasteiger partial charge in [-0.15, -0.1) is 0 Å². The van der Waals surface area contributed by atoms with Crippen molar-refractivity contribution in [3.05, 3.63) is 35.4 Å². The zero-order valence-electron chi connectivity index (χ0n) is 12.6. The van der Waals surface area contributed by atoms with E-state index in [1.165, 1.54) is 0 Å². The van der Waals surface area contributed by atoms with Gasteiger partial charge in [0.1, 0.15) is 5.54 Å². The average Bonchev–Trinajstić information content (AvgIpc) is 2.36. The van der Waals surface area contributed by atoms with Crippen molar-refractivity contribution >= 4 is 5.97 Å². The number of carbonyl (C=O) groups excluding carboxylic acids is 1. The van der Waals surface area contributed by atoms with Crippen molar-refractivity contribution in [2.75, 3.05) is 13.2 Å². The summed E-state index contributed by atoms with van der Waals surface area (Å²) >= 11 is 0. The summed E-state index contributed by atoms with van der Waals surface area (Å²) in [5, 5.41) is 3.36. The van der Waals surface area contributed by atoms with Crippen LogP contribution in [0.15, 0.2) is 24.3 Å². The number of hydrogen-bond donors (Lipinski definition) is 1. The van der Waals surface area contributed by atoms with E-state index in [0.29, 0.717) is 12.5 Å². The molecule has 3 nitrogen and oxygen atoms in total. The average molecular weight is 263 g/mol. The first kappa shape index (κ1) is 15.7. The molecule has 19 heavy (non-hydrogen) atoms. The Kier molecular flexibility index (Phi) is 5.55. The Morgan fingerprint density at radius 3 is 2.53 bits per heavy atom. The van der Waals surface area contributed by atoms with Crippen LogP contribution in [0.1, 0.15) is 38.8 Å². The number of hydrogen-bond acceptors (Lipinski definition) is 3. The third-order valence-electron chi connectivity index (χ3n) is 3.23. The summed E-state index contributed by atoms with van der Waals surface area (Å²) in [6.45, 7) is 11.2. The van der Waals surface area contributed by atoms with Gasteiger partial charge in [0, 0.05) is 0 Å². The fourth-order valence-corrected chi connectivity index (χ4v) is 2.09. The third kappa shape index (κ3) is 3.80. The minimum absolute atomic E-state index is 0.218. The summed E-state index contributed by atoms with van der Waals surface area (Å²) in [7, 11) is 0. The van der Waals surface area contributed by atoms with Gasteiger partial charge in [0.05, 0.1) is 6.61 Å². The van der Waals surface area contributed by atoms with E-state index in [9.17, 15) is 4.79 Å². The number of benzene rings is 1. The van der Waals surface area contributed by atoms with E-state index >= 15 is 0 Å². The lowest BCUT2D eigenvalue weighted by Crippen LogP contribution is -2.49. The molecule has 1 unspecified atom stereocenters. The maximum atomic E-state index is 12.3. The molecule has 0 bridgehead atoms. The van der Waals surface area contributed by atoms with Crippen LogP contribution in [0, 0.1) is 12.8 Å². The van der Waals surface area contributed by atoms with Crippen LogP contribution in [-0.4, -0.2) is 19.1 Å². The van der Waals surface area contributed by atoms with Crippen LogP contribution in [0.5, 0.6) is 0 Å². The first-order valence-corrected chi connectivity index (χ1v) is 6.90. The highest BCUT2D eigenvalue weighted by atomic mass is 16.5.